The van der Waals surface area contributed by atoms with E-state index in [1.807, 2.05) is 23.0 Å². The minimum absolute atomic E-state index is 0.0473. The first kappa shape index (κ1) is 36.2. The molecule has 2 aliphatic heterocycles. The van der Waals surface area contributed by atoms with Crippen LogP contribution in [0.2, 0.25) is 0 Å². The number of hydrazine groups is 1. The van der Waals surface area contributed by atoms with E-state index in [2.05, 4.69) is 20.8 Å². The molecule has 2 atom stereocenters. The number of ether oxygens (including phenoxy) is 2. The Morgan fingerprint density at radius 1 is 1.04 bits per heavy atom. The number of amides is 5. The lowest BCUT2D eigenvalue weighted by molar-refractivity contribution is -0.154. The van der Waals surface area contributed by atoms with Crippen molar-refractivity contribution in [2.24, 2.45) is 5.16 Å². The highest BCUT2D eigenvalue weighted by atomic mass is 32.2. The van der Waals surface area contributed by atoms with Crippen molar-refractivity contribution in [3.05, 3.63) is 94.1 Å². The van der Waals surface area contributed by atoms with E-state index < -0.39 is 59.5 Å². The normalized spacial score (nSPS) is 16.6. The van der Waals surface area contributed by atoms with Crippen LogP contribution < -0.4 is 21.5 Å². The number of anilines is 1. The first-order valence-electron chi connectivity index (χ1n) is 15.0. The monoisotopic (exact) mass is 735 g/mol. The molecule has 0 aliphatic carbocycles. The van der Waals surface area contributed by atoms with E-state index in [9.17, 15) is 33.6 Å². The topological polar surface area (TPSA) is 224 Å². The number of esters is 2. The summed E-state index contributed by atoms with van der Waals surface area (Å²) in [6.45, 7) is 0.243. The van der Waals surface area contributed by atoms with Crippen molar-refractivity contribution in [3.8, 4) is 0 Å². The van der Waals surface area contributed by atoms with Crippen LogP contribution in [0, 0.1) is 0 Å². The van der Waals surface area contributed by atoms with Gasteiger partial charge < -0.3 is 24.9 Å². The number of thiazole rings is 1. The number of fused-ring (bicyclic) bond motifs is 1. The number of nitrogens with zero attached hydrogens (tertiary/aromatic N) is 3. The largest absolute Gasteiger partial charge is 0.461 e. The third-order valence-electron chi connectivity index (χ3n) is 7.17. The first-order valence-corrected chi connectivity index (χ1v) is 16.9. The smallest absolute Gasteiger partial charge is 0.356 e. The highest BCUT2D eigenvalue weighted by molar-refractivity contribution is 8.00. The summed E-state index contributed by atoms with van der Waals surface area (Å²) in [6.07, 6.45) is -0.228. The van der Waals surface area contributed by atoms with E-state index in [-0.39, 0.29) is 35.3 Å². The van der Waals surface area contributed by atoms with Gasteiger partial charge in [-0.1, -0.05) is 65.8 Å². The molecule has 3 aromatic rings. The number of nitrogens with one attached hydrogen (secondary N) is 4. The van der Waals surface area contributed by atoms with E-state index in [1.54, 1.807) is 48.5 Å². The summed E-state index contributed by atoms with van der Waals surface area (Å²) in [5.41, 5.74) is 5.06. The maximum absolute atomic E-state index is 14.0. The molecule has 1 fully saturated rings. The molecule has 0 saturated carbocycles. The standard InChI is InChI=1S/C32H29N7O10S2/c1-18(42)47-12-21-14-50-30-25(36-28(44)24(22-15-51-32(35-22)33-16-40)38-48-13-23(43)37-34-17-41)29(45)39(30)26(21)31(46)49-27(19-8-4-2-5-9-19)20-10-6-3-7-11-20/h2-11,15-17,25,27,30H,12-14H2,1H3,(H,34,41)(H,36,44)(H,37,43)(H,33,35,40)/t25?,30-/m1/s1. The Morgan fingerprint density at radius 2 is 1.73 bits per heavy atom. The average Bonchev–Trinajstić information content (AvgIpc) is 3.61. The van der Waals surface area contributed by atoms with Crippen LogP contribution in [0.15, 0.2) is 82.5 Å². The van der Waals surface area contributed by atoms with Crippen LogP contribution in [-0.2, 0) is 47.9 Å². The number of aromatic nitrogens is 1. The maximum Gasteiger partial charge on any atom is 0.356 e. The van der Waals surface area contributed by atoms with Crippen LogP contribution in [0.5, 0.6) is 0 Å². The van der Waals surface area contributed by atoms with Crippen molar-refractivity contribution in [1.29, 1.82) is 0 Å². The van der Waals surface area contributed by atoms with Crippen LogP contribution in [0.1, 0.15) is 29.8 Å². The Balaban J connectivity index is 1.39. The number of carbonyl (C=O) groups excluding carboxylic acids is 7. The SMILES string of the molecule is CC(=O)OCC1=C(C(=O)OC(c2ccccc2)c2ccccc2)N2C(=O)C(NC(=O)C(=NOCC(=O)NNC=O)c3csc(NC=O)n3)[C@H]2SC1. The molecular formula is C32H29N7O10S2. The third kappa shape index (κ3) is 8.75. The van der Waals surface area contributed by atoms with E-state index in [1.165, 1.54) is 29.0 Å². The van der Waals surface area contributed by atoms with Crippen LogP contribution in [-0.4, -0.2) is 88.5 Å². The van der Waals surface area contributed by atoms with Crippen molar-refractivity contribution in [3.63, 3.8) is 0 Å². The van der Waals surface area contributed by atoms with Gasteiger partial charge in [-0.15, -0.1) is 23.1 Å². The number of β-lactam (4-membered cyclic amide) rings is 1. The molecule has 0 radical (unpaired) electrons. The molecule has 0 spiro atoms. The van der Waals surface area contributed by atoms with Gasteiger partial charge in [0.15, 0.2) is 23.6 Å². The minimum Gasteiger partial charge on any atom is -0.461 e. The van der Waals surface area contributed by atoms with Gasteiger partial charge in [0.05, 0.1) is 0 Å². The van der Waals surface area contributed by atoms with Crippen molar-refractivity contribution < 1.29 is 47.9 Å². The molecule has 1 aromatic heterocycles. The fraction of sp³-hybridized carbons (Fsp3) is 0.219. The van der Waals surface area contributed by atoms with Gasteiger partial charge in [-0.05, 0) is 11.1 Å². The van der Waals surface area contributed by atoms with Crippen molar-refractivity contribution >= 4 is 76.4 Å². The Bertz CT molecular complexity index is 1830. The minimum atomic E-state index is -1.16. The molecule has 5 amide bonds. The highest BCUT2D eigenvalue weighted by Crippen LogP contribution is 2.41. The summed E-state index contributed by atoms with van der Waals surface area (Å²) < 4.78 is 11.3. The number of thioether (sulfide) groups is 1. The molecule has 51 heavy (non-hydrogen) atoms. The molecule has 2 aromatic carbocycles. The molecule has 3 heterocycles. The van der Waals surface area contributed by atoms with Gasteiger partial charge in [-0.2, -0.15) is 0 Å². The molecule has 2 aliphatic rings. The van der Waals surface area contributed by atoms with Gasteiger partial charge in [0, 0.05) is 23.6 Å². The number of oxime groups is 1. The second kappa shape index (κ2) is 17.0. The molecule has 1 unspecified atom stereocenters. The second-order valence-corrected chi connectivity index (χ2v) is 12.5. The van der Waals surface area contributed by atoms with Gasteiger partial charge >= 0.3 is 11.9 Å². The molecule has 4 N–H and O–H groups in total. The quantitative estimate of drug-likeness (QED) is 0.0526. The van der Waals surface area contributed by atoms with E-state index in [4.69, 9.17) is 14.3 Å². The van der Waals surface area contributed by atoms with Crippen LogP contribution in [0.25, 0.3) is 0 Å². The lowest BCUT2D eigenvalue weighted by Gasteiger charge is -2.49. The highest BCUT2D eigenvalue weighted by Gasteiger charge is 2.55. The molecule has 19 heteroatoms. The van der Waals surface area contributed by atoms with Crippen molar-refractivity contribution in [2.75, 3.05) is 24.3 Å². The predicted octanol–water partition coefficient (Wildman–Crippen LogP) is 0.759. The number of hydrogen-bond acceptors (Lipinski definition) is 14. The van der Waals surface area contributed by atoms with Gasteiger partial charge in [0.1, 0.15) is 29.4 Å². The zero-order valence-corrected chi connectivity index (χ0v) is 28.2. The van der Waals surface area contributed by atoms with E-state index in [0.717, 1.165) is 11.3 Å². The number of benzene rings is 2. The fourth-order valence-electron chi connectivity index (χ4n) is 4.93. The molecule has 5 rings (SSSR count). The lowest BCUT2D eigenvalue weighted by Crippen LogP contribution is -2.71. The molecular weight excluding hydrogens is 707 g/mol. The van der Waals surface area contributed by atoms with Crippen LogP contribution in [0.3, 0.4) is 0 Å². The Morgan fingerprint density at radius 3 is 2.35 bits per heavy atom. The summed E-state index contributed by atoms with van der Waals surface area (Å²) in [7, 11) is 0. The zero-order valence-electron chi connectivity index (χ0n) is 26.6. The zero-order chi connectivity index (χ0) is 36.3. The molecule has 1 saturated heterocycles. The van der Waals surface area contributed by atoms with Gasteiger partial charge in [0.25, 0.3) is 17.7 Å². The van der Waals surface area contributed by atoms with E-state index >= 15 is 0 Å². The summed E-state index contributed by atoms with van der Waals surface area (Å²) in [6, 6.07) is 16.9. The predicted molar refractivity (Wildman–Crippen MR) is 181 cm³/mol. The number of rotatable bonds is 16. The number of carbonyl (C=O) groups is 7. The van der Waals surface area contributed by atoms with E-state index in [0.29, 0.717) is 23.1 Å². The second-order valence-electron chi connectivity index (χ2n) is 10.5. The fourth-order valence-corrected chi connectivity index (χ4v) is 6.92. The third-order valence-corrected chi connectivity index (χ3v) is 9.29. The van der Waals surface area contributed by atoms with Crippen molar-refractivity contribution in [2.45, 2.75) is 24.4 Å². The Hall–Kier alpha value is -6.08. The molecule has 0 bridgehead atoms. The first-order chi connectivity index (χ1) is 24.7. The van der Waals surface area contributed by atoms with Gasteiger partial charge in [0.2, 0.25) is 12.8 Å². The van der Waals surface area contributed by atoms with Gasteiger partial charge in [-0.3, -0.25) is 44.5 Å². The Labute approximate surface area is 297 Å². The lowest BCUT2D eigenvalue weighted by atomic mass is 10.0. The van der Waals surface area contributed by atoms with Gasteiger partial charge in [-0.25, -0.2) is 9.78 Å². The summed E-state index contributed by atoms with van der Waals surface area (Å²) in [5, 5.41) is 9.41. The summed E-state index contributed by atoms with van der Waals surface area (Å²) in [5.74, 6) is -3.66. The summed E-state index contributed by atoms with van der Waals surface area (Å²) in [4.78, 5) is 96.5. The summed E-state index contributed by atoms with van der Waals surface area (Å²) >= 11 is 2.19. The maximum atomic E-state index is 14.0. The Kier molecular flexibility index (Phi) is 12.1. The molecule has 17 nitrogen and oxygen atoms in total. The average molecular weight is 736 g/mol. The van der Waals surface area contributed by atoms with Crippen molar-refractivity contribution in [1.82, 2.24) is 26.1 Å². The molecule has 264 valence electrons. The van der Waals surface area contributed by atoms with Crippen LogP contribution in [0.4, 0.5) is 5.13 Å². The van der Waals surface area contributed by atoms with Crippen LogP contribution >= 0.6 is 23.1 Å². The number of hydrogen-bond donors (Lipinski definition) is 4.